The van der Waals surface area contributed by atoms with Crippen LogP contribution in [-0.4, -0.2) is 62.7 Å². The van der Waals surface area contributed by atoms with Crippen molar-refractivity contribution in [2.45, 2.75) is 13.1 Å². The highest BCUT2D eigenvalue weighted by atomic mass is 19.4. The highest BCUT2D eigenvalue weighted by Gasteiger charge is 2.35. The first-order valence-electron chi connectivity index (χ1n) is 10.7. The second-order valence-electron chi connectivity index (χ2n) is 8.03. The fourth-order valence-corrected chi connectivity index (χ4v) is 3.92. The zero-order valence-electron chi connectivity index (χ0n) is 18.6. The number of benzene rings is 2. The van der Waals surface area contributed by atoms with Gasteiger partial charge in [0.1, 0.15) is 5.75 Å². The molecule has 1 aliphatic rings. The summed E-state index contributed by atoms with van der Waals surface area (Å²) in [5.41, 5.74) is -2.19. The first kappa shape index (κ1) is 24.0. The topological polar surface area (TPSA) is 95.7 Å². The number of phenols is 1. The lowest BCUT2D eigenvalue weighted by atomic mass is 10.1. The van der Waals surface area contributed by atoms with Crippen LogP contribution in [-0.2, 0) is 6.18 Å². The van der Waals surface area contributed by atoms with Gasteiger partial charge < -0.3 is 14.9 Å². The van der Waals surface area contributed by atoms with Crippen molar-refractivity contribution in [2.75, 3.05) is 26.2 Å². The van der Waals surface area contributed by atoms with E-state index in [9.17, 15) is 32.7 Å². The number of hydrogen-bond acceptors (Lipinski definition) is 5. The second-order valence-corrected chi connectivity index (χ2v) is 8.03. The monoisotopic (exact) mass is 486 g/mol. The van der Waals surface area contributed by atoms with E-state index in [4.69, 9.17) is 0 Å². The Kier molecular flexibility index (Phi) is 6.33. The number of aryl methyl sites for hydroxylation is 1. The van der Waals surface area contributed by atoms with E-state index in [-0.39, 0.29) is 48.9 Å². The molecule has 2 amide bonds. The number of phenolic OH excluding ortho intramolecular Hbond substituents is 1. The smallest absolute Gasteiger partial charge is 0.418 e. The molecule has 2 heterocycles. The van der Waals surface area contributed by atoms with Crippen molar-refractivity contribution in [2.24, 2.45) is 0 Å². The molecule has 0 radical (unpaired) electrons. The van der Waals surface area contributed by atoms with Crippen molar-refractivity contribution in [3.63, 3.8) is 0 Å². The Labute approximate surface area is 197 Å². The maximum Gasteiger partial charge on any atom is 0.418 e. The number of hydrogen-bond donors (Lipinski definition) is 1. The molecule has 8 nitrogen and oxygen atoms in total. The van der Waals surface area contributed by atoms with Gasteiger partial charge in [-0.2, -0.15) is 18.3 Å². The molecule has 1 aliphatic heterocycles. The number of aromatic hydroxyl groups is 1. The van der Waals surface area contributed by atoms with E-state index in [1.54, 1.807) is 12.1 Å². The molecule has 1 fully saturated rings. The summed E-state index contributed by atoms with van der Waals surface area (Å²) in [5, 5.41) is 13.9. The maximum atomic E-state index is 13.5. The van der Waals surface area contributed by atoms with E-state index in [2.05, 4.69) is 5.10 Å². The summed E-state index contributed by atoms with van der Waals surface area (Å²) in [6, 6.07) is 11.9. The van der Waals surface area contributed by atoms with Crippen LogP contribution in [0, 0.1) is 6.92 Å². The molecular formula is C24H21F3N4O4. The quantitative estimate of drug-likeness (QED) is 0.614. The lowest BCUT2D eigenvalue weighted by Gasteiger charge is -2.34. The highest BCUT2D eigenvalue weighted by molar-refractivity contribution is 5.97. The third kappa shape index (κ3) is 4.75. The number of piperazine rings is 1. The Morgan fingerprint density at radius 3 is 2.11 bits per heavy atom. The summed E-state index contributed by atoms with van der Waals surface area (Å²) < 4.78 is 41.5. The third-order valence-electron chi connectivity index (χ3n) is 5.74. The van der Waals surface area contributed by atoms with Crippen molar-refractivity contribution in [3.8, 4) is 11.4 Å². The molecule has 0 unspecified atom stereocenters. The molecule has 35 heavy (non-hydrogen) atoms. The number of para-hydroxylation sites is 2. The van der Waals surface area contributed by atoms with Gasteiger partial charge in [-0.15, -0.1) is 0 Å². The zero-order valence-corrected chi connectivity index (χ0v) is 18.6. The van der Waals surface area contributed by atoms with Crippen LogP contribution in [0.4, 0.5) is 13.2 Å². The van der Waals surface area contributed by atoms with Crippen molar-refractivity contribution < 1.29 is 27.9 Å². The Balaban J connectivity index is 1.57. The number of alkyl halides is 3. The molecule has 0 spiro atoms. The molecule has 3 aromatic rings. The second kappa shape index (κ2) is 9.24. The van der Waals surface area contributed by atoms with Crippen LogP contribution >= 0.6 is 0 Å². The minimum absolute atomic E-state index is 0.0896. The Bertz CT molecular complexity index is 1350. The lowest BCUT2D eigenvalue weighted by molar-refractivity contribution is -0.137. The molecular weight excluding hydrogens is 465 g/mol. The van der Waals surface area contributed by atoms with Gasteiger partial charge in [-0.3, -0.25) is 14.4 Å². The van der Waals surface area contributed by atoms with Crippen molar-refractivity contribution >= 4 is 11.8 Å². The summed E-state index contributed by atoms with van der Waals surface area (Å²) >= 11 is 0. The van der Waals surface area contributed by atoms with Gasteiger partial charge in [-0.1, -0.05) is 24.3 Å². The van der Waals surface area contributed by atoms with E-state index in [0.29, 0.717) is 0 Å². The molecule has 0 atom stereocenters. The Morgan fingerprint density at radius 1 is 0.914 bits per heavy atom. The fraction of sp³-hybridized carbons (Fsp3) is 0.250. The fourth-order valence-electron chi connectivity index (χ4n) is 3.92. The number of rotatable bonds is 3. The standard InChI is InChI=1S/C24H21F3N4O4/c1-15-14-20(33)21(28-31(15)18-8-4-3-7-17(18)24(25,26)27)23(35)30-12-10-29(11-13-30)22(34)16-6-2-5-9-19(16)32/h2-9,14,32H,10-13H2,1H3. The van der Waals surface area contributed by atoms with Crippen molar-refractivity contribution in [1.29, 1.82) is 0 Å². The normalized spacial score (nSPS) is 14.2. The molecule has 2 aromatic carbocycles. The van der Waals surface area contributed by atoms with Crippen LogP contribution in [0.25, 0.3) is 5.69 Å². The van der Waals surface area contributed by atoms with Gasteiger partial charge in [0.2, 0.25) is 5.43 Å². The molecule has 0 saturated carbocycles. The number of amides is 2. The summed E-state index contributed by atoms with van der Waals surface area (Å²) in [5.74, 6) is -1.28. The number of carbonyl (C=O) groups excluding carboxylic acids is 2. The minimum atomic E-state index is -4.66. The van der Waals surface area contributed by atoms with Gasteiger partial charge in [0, 0.05) is 37.9 Å². The van der Waals surface area contributed by atoms with Gasteiger partial charge in [-0.25, -0.2) is 4.68 Å². The predicted molar refractivity (Wildman–Crippen MR) is 119 cm³/mol. The van der Waals surface area contributed by atoms with Gasteiger partial charge in [-0.05, 0) is 31.2 Å². The predicted octanol–water partition coefficient (Wildman–Crippen LogP) is 2.86. The van der Waals surface area contributed by atoms with E-state index in [1.807, 2.05) is 0 Å². The highest BCUT2D eigenvalue weighted by Crippen LogP contribution is 2.33. The van der Waals surface area contributed by atoms with Crippen LogP contribution in [0.2, 0.25) is 0 Å². The van der Waals surface area contributed by atoms with Crippen molar-refractivity contribution in [3.05, 3.63) is 87.3 Å². The summed E-state index contributed by atoms with van der Waals surface area (Å²) in [4.78, 5) is 41.1. The van der Waals surface area contributed by atoms with Gasteiger partial charge in [0.25, 0.3) is 11.8 Å². The first-order chi connectivity index (χ1) is 16.6. The largest absolute Gasteiger partial charge is 0.507 e. The van der Waals surface area contributed by atoms with Crippen LogP contribution in [0.15, 0.2) is 59.4 Å². The number of halogens is 3. The molecule has 0 bridgehead atoms. The third-order valence-corrected chi connectivity index (χ3v) is 5.74. The lowest BCUT2D eigenvalue weighted by Crippen LogP contribution is -2.51. The number of aromatic nitrogens is 2. The molecule has 1 saturated heterocycles. The maximum absolute atomic E-state index is 13.5. The van der Waals surface area contributed by atoms with Crippen molar-refractivity contribution in [1.82, 2.24) is 19.6 Å². The van der Waals surface area contributed by atoms with E-state index >= 15 is 0 Å². The number of nitrogens with zero attached hydrogens (tertiary/aromatic N) is 4. The average molecular weight is 486 g/mol. The van der Waals surface area contributed by atoms with Gasteiger partial charge in [0.15, 0.2) is 5.69 Å². The molecule has 0 aliphatic carbocycles. The molecule has 11 heteroatoms. The SMILES string of the molecule is Cc1cc(=O)c(C(=O)N2CCN(C(=O)c3ccccc3O)CC2)nn1-c1ccccc1C(F)(F)F. The van der Waals surface area contributed by atoms with Gasteiger partial charge in [0.05, 0.1) is 16.8 Å². The molecule has 1 N–H and O–H groups in total. The van der Waals surface area contributed by atoms with E-state index < -0.39 is 34.7 Å². The minimum Gasteiger partial charge on any atom is -0.507 e. The van der Waals surface area contributed by atoms with Crippen LogP contribution in [0.5, 0.6) is 5.75 Å². The summed E-state index contributed by atoms with van der Waals surface area (Å²) in [6.07, 6.45) is -4.66. The van der Waals surface area contributed by atoms with Gasteiger partial charge >= 0.3 is 6.18 Å². The van der Waals surface area contributed by atoms with E-state index in [1.165, 1.54) is 47.1 Å². The van der Waals surface area contributed by atoms with E-state index in [0.717, 1.165) is 16.8 Å². The van der Waals surface area contributed by atoms with Crippen LogP contribution < -0.4 is 5.43 Å². The molecule has 4 rings (SSSR count). The molecule has 182 valence electrons. The summed E-state index contributed by atoms with van der Waals surface area (Å²) in [7, 11) is 0. The number of carbonyl (C=O) groups is 2. The zero-order chi connectivity index (χ0) is 25.3. The average Bonchev–Trinajstić information content (AvgIpc) is 2.83. The van der Waals surface area contributed by atoms with Crippen LogP contribution in [0.1, 0.15) is 32.1 Å². The molecule has 1 aromatic heterocycles. The summed E-state index contributed by atoms with van der Waals surface area (Å²) in [6.45, 7) is 1.91. The van der Waals surface area contributed by atoms with Crippen LogP contribution in [0.3, 0.4) is 0 Å². The Morgan fingerprint density at radius 2 is 1.49 bits per heavy atom. The Hall–Kier alpha value is -4.15. The first-order valence-corrected chi connectivity index (χ1v) is 10.7.